The van der Waals surface area contributed by atoms with Crippen LogP contribution in [0, 0.1) is 11.8 Å². The van der Waals surface area contributed by atoms with Crippen LogP contribution in [-0.4, -0.2) is 31.0 Å². The third-order valence-corrected chi connectivity index (χ3v) is 3.36. The normalized spacial score (nSPS) is 34.9. The minimum atomic E-state index is -0.0851. The number of ether oxygens (including phenoxy) is 2. The molecule has 102 valence electrons. The Morgan fingerprint density at radius 2 is 1.76 bits per heavy atom. The van der Waals surface area contributed by atoms with Gasteiger partial charge in [0, 0.05) is 6.04 Å². The third-order valence-electron chi connectivity index (χ3n) is 3.36. The van der Waals surface area contributed by atoms with Crippen molar-refractivity contribution >= 4 is 0 Å². The van der Waals surface area contributed by atoms with Crippen LogP contribution < -0.4 is 5.73 Å². The predicted molar refractivity (Wildman–Crippen MR) is 71.0 cm³/mol. The van der Waals surface area contributed by atoms with E-state index in [-0.39, 0.29) is 17.7 Å². The minimum absolute atomic E-state index is 0.0851. The van der Waals surface area contributed by atoms with E-state index >= 15 is 0 Å². The van der Waals surface area contributed by atoms with Crippen LogP contribution in [0.2, 0.25) is 0 Å². The second-order valence-corrected chi connectivity index (χ2v) is 6.51. The van der Waals surface area contributed by atoms with Crippen LogP contribution >= 0.6 is 0 Å². The maximum absolute atomic E-state index is 6.16. The molecule has 1 saturated carbocycles. The average Bonchev–Trinajstić information content (AvgIpc) is 2.13. The van der Waals surface area contributed by atoms with Gasteiger partial charge in [-0.05, 0) is 45.4 Å². The van der Waals surface area contributed by atoms with E-state index in [0.717, 1.165) is 12.3 Å². The van der Waals surface area contributed by atoms with Gasteiger partial charge in [-0.2, -0.15) is 0 Å². The molecule has 4 unspecified atom stereocenters. The van der Waals surface area contributed by atoms with Crippen molar-refractivity contribution in [3.8, 4) is 0 Å². The molecule has 0 aromatic rings. The van der Waals surface area contributed by atoms with E-state index in [9.17, 15) is 0 Å². The van der Waals surface area contributed by atoms with Gasteiger partial charge < -0.3 is 15.2 Å². The van der Waals surface area contributed by atoms with Gasteiger partial charge in [0.2, 0.25) is 0 Å². The Labute approximate surface area is 106 Å². The van der Waals surface area contributed by atoms with E-state index < -0.39 is 0 Å². The van der Waals surface area contributed by atoms with E-state index in [1.807, 2.05) is 0 Å². The van der Waals surface area contributed by atoms with E-state index in [2.05, 4.69) is 34.6 Å². The van der Waals surface area contributed by atoms with Gasteiger partial charge in [0.05, 0.1) is 24.9 Å². The Morgan fingerprint density at radius 1 is 1.12 bits per heavy atom. The van der Waals surface area contributed by atoms with E-state index in [1.54, 1.807) is 0 Å². The zero-order valence-corrected chi connectivity index (χ0v) is 12.0. The van der Waals surface area contributed by atoms with Gasteiger partial charge in [-0.25, -0.2) is 0 Å². The molecule has 0 aromatic carbocycles. The first-order valence-electron chi connectivity index (χ1n) is 6.80. The highest BCUT2D eigenvalue weighted by molar-refractivity contribution is 4.86. The summed E-state index contributed by atoms with van der Waals surface area (Å²) < 4.78 is 11.5. The zero-order valence-electron chi connectivity index (χ0n) is 12.0. The first kappa shape index (κ1) is 14.9. The average molecular weight is 243 g/mol. The largest absolute Gasteiger partial charge is 0.374 e. The Kier molecular flexibility index (Phi) is 5.42. The van der Waals surface area contributed by atoms with Gasteiger partial charge >= 0.3 is 0 Å². The lowest BCUT2D eigenvalue weighted by molar-refractivity contribution is -0.0783. The summed E-state index contributed by atoms with van der Waals surface area (Å²) in [5, 5.41) is 0. The minimum Gasteiger partial charge on any atom is -0.374 e. The van der Waals surface area contributed by atoms with Crippen LogP contribution in [0.25, 0.3) is 0 Å². The lowest BCUT2D eigenvalue weighted by atomic mass is 9.78. The third kappa shape index (κ3) is 5.36. The van der Waals surface area contributed by atoms with Crippen LogP contribution in [-0.2, 0) is 9.47 Å². The molecule has 0 aromatic heterocycles. The molecule has 2 N–H and O–H groups in total. The van der Waals surface area contributed by atoms with Crippen molar-refractivity contribution in [2.45, 2.75) is 65.2 Å². The smallest absolute Gasteiger partial charge is 0.0752 e. The van der Waals surface area contributed by atoms with E-state index in [0.29, 0.717) is 19.1 Å². The SMILES string of the molecule is CC1CC(C)C(OCCOC(C)(C)C)C(N)C1. The van der Waals surface area contributed by atoms with Gasteiger partial charge in [0.1, 0.15) is 0 Å². The monoisotopic (exact) mass is 243 g/mol. The van der Waals surface area contributed by atoms with Gasteiger partial charge in [0.25, 0.3) is 0 Å². The van der Waals surface area contributed by atoms with Crippen molar-refractivity contribution in [2.75, 3.05) is 13.2 Å². The molecule has 0 aliphatic heterocycles. The summed E-state index contributed by atoms with van der Waals surface area (Å²) in [4.78, 5) is 0. The van der Waals surface area contributed by atoms with Gasteiger partial charge in [0.15, 0.2) is 0 Å². The summed E-state index contributed by atoms with van der Waals surface area (Å²) in [5.41, 5.74) is 6.08. The topological polar surface area (TPSA) is 44.5 Å². The second kappa shape index (κ2) is 6.17. The summed E-state index contributed by atoms with van der Waals surface area (Å²) in [5.74, 6) is 1.29. The molecule has 0 bridgehead atoms. The van der Waals surface area contributed by atoms with Crippen LogP contribution in [0.1, 0.15) is 47.5 Å². The molecule has 1 aliphatic rings. The Morgan fingerprint density at radius 3 is 2.29 bits per heavy atom. The maximum Gasteiger partial charge on any atom is 0.0752 e. The standard InChI is InChI=1S/C14H29NO2/c1-10-8-11(2)13(12(15)9-10)16-6-7-17-14(3,4)5/h10-13H,6-9,15H2,1-5H3. The Bertz CT molecular complexity index is 213. The second-order valence-electron chi connectivity index (χ2n) is 6.51. The fraction of sp³-hybridized carbons (Fsp3) is 1.00. The number of hydrogen-bond donors (Lipinski definition) is 1. The molecule has 3 heteroatoms. The molecule has 0 saturated heterocycles. The predicted octanol–water partition coefficient (Wildman–Crippen LogP) is 2.58. The molecular weight excluding hydrogens is 214 g/mol. The molecule has 3 nitrogen and oxygen atoms in total. The summed E-state index contributed by atoms with van der Waals surface area (Å²) in [6.45, 7) is 12.0. The van der Waals surface area contributed by atoms with Crippen molar-refractivity contribution < 1.29 is 9.47 Å². The highest BCUT2D eigenvalue weighted by atomic mass is 16.5. The molecule has 1 rings (SSSR count). The van der Waals surface area contributed by atoms with Crippen LogP contribution in [0.3, 0.4) is 0 Å². The summed E-state index contributed by atoms with van der Waals surface area (Å²) in [6, 6.07) is 0.184. The molecule has 17 heavy (non-hydrogen) atoms. The van der Waals surface area contributed by atoms with Gasteiger partial charge in [-0.15, -0.1) is 0 Å². The van der Waals surface area contributed by atoms with E-state index in [1.165, 1.54) is 6.42 Å². The molecule has 4 atom stereocenters. The first-order chi connectivity index (χ1) is 7.79. The summed E-state index contributed by atoms with van der Waals surface area (Å²) in [6.07, 6.45) is 2.50. The van der Waals surface area contributed by atoms with Gasteiger partial charge in [-0.3, -0.25) is 0 Å². The van der Waals surface area contributed by atoms with Crippen molar-refractivity contribution in [1.82, 2.24) is 0 Å². The molecular formula is C14H29NO2. The lowest BCUT2D eigenvalue weighted by Crippen LogP contribution is -2.46. The van der Waals surface area contributed by atoms with E-state index in [4.69, 9.17) is 15.2 Å². The highest BCUT2D eigenvalue weighted by Gasteiger charge is 2.32. The maximum atomic E-state index is 6.16. The fourth-order valence-corrected chi connectivity index (χ4v) is 2.71. The number of rotatable bonds is 4. The highest BCUT2D eigenvalue weighted by Crippen LogP contribution is 2.29. The van der Waals surface area contributed by atoms with Crippen LogP contribution in [0.15, 0.2) is 0 Å². The van der Waals surface area contributed by atoms with Crippen molar-refractivity contribution in [3.05, 3.63) is 0 Å². The van der Waals surface area contributed by atoms with Crippen LogP contribution in [0.4, 0.5) is 0 Å². The molecule has 0 amide bonds. The summed E-state index contributed by atoms with van der Waals surface area (Å²) in [7, 11) is 0. The van der Waals surface area contributed by atoms with Gasteiger partial charge in [-0.1, -0.05) is 13.8 Å². The number of nitrogens with two attached hydrogens (primary N) is 1. The Hall–Kier alpha value is -0.120. The zero-order chi connectivity index (χ0) is 13.1. The summed E-state index contributed by atoms with van der Waals surface area (Å²) >= 11 is 0. The van der Waals surface area contributed by atoms with Crippen molar-refractivity contribution in [3.63, 3.8) is 0 Å². The quantitative estimate of drug-likeness (QED) is 0.772. The van der Waals surface area contributed by atoms with Crippen LogP contribution in [0.5, 0.6) is 0 Å². The van der Waals surface area contributed by atoms with Crippen molar-refractivity contribution in [2.24, 2.45) is 17.6 Å². The number of hydrogen-bond acceptors (Lipinski definition) is 3. The molecule has 1 aliphatic carbocycles. The Balaban J connectivity index is 2.26. The molecule has 0 heterocycles. The first-order valence-corrected chi connectivity index (χ1v) is 6.80. The molecule has 1 fully saturated rings. The molecule has 0 radical (unpaired) electrons. The molecule has 0 spiro atoms. The van der Waals surface area contributed by atoms with Crippen molar-refractivity contribution in [1.29, 1.82) is 0 Å². The fourth-order valence-electron chi connectivity index (χ4n) is 2.71. The lowest BCUT2D eigenvalue weighted by Gasteiger charge is -2.37.